The molecule has 0 bridgehead atoms. The number of aliphatic hydroxyl groups excluding tert-OH is 15. The molecule has 11 rings (SSSR count). The summed E-state index contributed by atoms with van der Waals surface area (Å²) in [4.78, 5) is 15.5. The summed E-state index contributed by atoms with van der Waals surface area (Å²) < 4.78 is 70.5. The molecule has 0 radical (unpaired) electrons. The third kappa shape index (κ3) is 11.7. The molecule has 0 spiro atoms. The van der Waals surface area contributed by atoms with E-state index in [1.54, 1.807) is 0 Å². The maximum atomic E-state index is 15.5. The minimum absolute atomic E-state index is 0.0761. The highest BCUT2D eigenvalue weighted by Crippen LogP contribution is 2.76. The molecule has 6 heterocycles. The molecule has 0 aromatic carbocycles. The lowest BCUT2D eigenvalue weighted by Crippen LogP contribution is -2.69. The molecule has 0 aromatic rings. The van der Waals surface area contributed by atoms with E-state index in [9.17, 15) is 86.8 Å². The van der Waals surface area contributed by atoms with Crippen LogP contribution in [0.4, 0.5) is 0 Å². The topological polar surface area (TPSA) is 472 Å². The lowest BCUT2D eigenvalue weighted by molar-refractivity contribution is -0.372. The Labute approximate surface area is 532 Å². The first-order valence-electron chi connectivity index (χ1n) is 32.5. The molecule has 5 aliphatic carbocycles. The van der Waals surface area contributed by atoms with Gasteiger partial charge >= 0.3 is 5.97 Å². The van der Waals surface area contributed by atoms with Gasteiger partial charge in [-0.15, -0.1) is 0 Å². The highest BCUT2D eigenvalue weighted by molar-refractivity contribution is 5.79. The average Bonchev–Trinajstić information content (AvgIpc) is 0.772. The van der Waals surface area contributed by atoms with Gasteiger partial charge in [0.15, 0.2) is 37.6 Å². The molecule has 92 heavy (non-hydrogen) atoms. The Kier molecular flexibility index (Phi) is 20.2. The number of hydrogen-bond acceptors (Lipinski definition) is 30. The van der Waals surface area contributed by atoms with E-state index in [0.29, 0.717) is 51.4 Å². The summed E-state index contributed by atoms with van der Waals surface area (Å²) in [5.41, 5.74) is -7.08. The second-order valence-corrected chi connectivity index (χ2v) is 30.4. The van der Waals surface area contributed by atoms with E-state index < -0.39 is 245 Å². The summed E-state index contributed by atoms with van der Waals surface area (Å²) in [5.74, 6) is -1.31. The van der Waals surface area contributed by atoms with Gasteiger partial charge in [0.1, 0.15) is 96.7 Å². The molecular weight excluding hydrogens is 1220 g/mol. The van der Waals surface area contributed by atoms with E-state index in [4.69, 9.17) is 56.8 Å². The van der Waals surface area contributed by atoms with Gasteiger partial charge in [0.05, 0.1) is 76.6 Å². The number of fused-ring (bicyclic) bond motifs is 7. The van der Waals surface area contributed by atoms with Crippen LogP contribution < -0.4 is 0 Å². The predicted molar refractivity (Wildman–Crippen MR) is 305 cm³/mol. The van der Waals surface area contributed by atoms with Gasteiger partial charge in [-0.3, -0.25) is 4.79 Å². The van der Waals surface area contributed by atoms with Crippen molar-refractivity contribution >= 4 is 5.97 Å². The number of allylic oxidation sites excluding steroid dienone is 2. The van der Waals surface area contributed by atoms with Crippen molar-refractivity contribution in [3.8, 4) is 0 Å². The van der Waals surface area contributed by atoms with Crippen molar-refractivity contribution in [2.24, 2.45) is 50.2 Å². The quantitative estimate of drug-likeness (QED) is 0.0391. The molecule has 4 saturated carbocycles. The Balaban J connectivity index is 0.777. The van der Waals surface area contributed by atoms with Crippen molar-refractivity contribution in [2.75, 3.05) is 52.9 Å². The first kappa shape index (κ1) is 71.4. The van der Waals surface area contributed by atoms with Gasteiger partial charge in [0, 0.05) is 5.41 Å². The molecule has 528 valence electrons. The predicted octanol–water partition coefficient (Wildman–Crippen LogP) is -4.86. The first-order valence-corrected chi connectivity index (χ1v) is 32.5. The van der Waals surface area contributed by atoms with Crippen LogP contribution in [-0.2, 0) is 61.6 Å². The van der Waals surface area contributed by atoms with Gasteiger partial charge in [0.2, 0.25) is 6.29 Å². The smallest absolute Gasteiger partial charge is 0.315 e. The molecule has 11 aliphatic rings. The zero-order valence-electron chi connectivity index (χ0n) is 53.1. The number of esters is 1. The minimum Gasteiger partial charge on any atom is -0.432 e. The first-order chi connectivity index (χ1) is 43.1. The Bertz CT molecular complexity index is 2620. The van der Waals surface area contributed by atoms with Crippen LogP contribution in [0.15, 0.2) is 11.6 Å². The maximum Gasteiger partial charge on any atom is 0.315 e. The summed E-state index contributed by atoms with van der Waals surface area (Å²) in [6.07, 6.45) is -31.6. The number of rotatable bonds is 16. The van der Waals surface area contributed by atoms with Crippen molar-refractivity contribution in [2.45, 2.75) is 265 Å². The Morgan fingerprint density at radius 1 is 0.543 bits per heavy atom. The second-order valence-electron chi connectivity index (χ2n) is 30.4. The van der Waals surface area contributed by atoms with Crippen molar-refractivity contribution in [1.82, 2.24) is 0 Å². The van der Waals surface area contributed by atoms with E-state index in [-0.39, 0.29) is 29.6 Å². The van der Waals surface area contributed by atoms with E-state index in [2.05, 4.69) is 40.7 Å². The van der Waals surface area contributed by atoms with Gasteiger partial charge in [-0.25, -0.2) is 0 Å². The zero-order chi connectivity index (χ0) is 67.0. The van der Waals surface area contributed by atoms with Crippen molar-refractivity contribution in [1.29, 1.82) is 0 Å². The minimum atomic E-state index is -2.07. The fourth-order valence-corrected chi connectivity index (χ4v) is 18.5. The molecule has 30 nitrogen and oxygen atoms in total. The lowest BCUT2D eigenvalue weighted by atomic mass is 9.33. The van der Waals surface area contributed by atoms with Gasteiger partial charge in [0.25, 0.3) is 0 Å². The molecule has 0 amide bonds. The summed E-state index contributed by atoms with van der Waals surface area (Å²) in [7, 11) is 0. The average molecular weight is 1330 g/mol. The van der Waals surface area contributed by atoms with Crippen molar-refractivity contribution in [3.63, 3.8) is 0 Å². The van der Waals surface area contributed by atoms with Gasteiger partial charge in [-0.2, -0.15) is 0 Å². The highest BCUT2D eigenvalue weighted by Gasteiger charge is 2.72. The van der Waals surface area contributed by atoms with E-state index in [0.717, 1.165) is 5.57 Å². The highest BCUT2D eigenvalue weighted by atomic mass is 16.8. The van der Waals surface area contributed by atoms with Crippen LogP contribution in [0, 0.1) is 50.2 Å². The molecule has 10 fully saturated rings. The molecule has 34 unspecified atom stereocenters. The summed E-state index contributed by atoms with van der Waals surface area (Å²) in [6, 6.07) is 0. The van der Waals surface area contributed by atoms with E-state index in [1.165, 1.54) is 6.92 Å². The normalized spacial score (nSPS) is 55.1. The SMILES string of the molecule is CC1OC(OC2C(OC(=O)C34CCC(C)(C)CC3C3=CCC5C6(C)CC(O)C(OC7OC(CO)C(OC8OCC(O)(CO)C8O)C(O)C7O)C(C)(CO)C6CCC5(C)C3(C)CC4)OCC(O)C2O)C(O)C(O)C1OC1OCC(O)C(OC2OCC(O)(CO)C2O)C1O. The molecule has 6 aliphatic heterocycles. The largest absolute Gasteiger partial charge is 0.432 e. The van der Waals surface area contributed by atoms with Crippen LogP contribution >= 0.6 is 0 Å². The zero-order valence-corrected chi connectivity index (χ0v) is 53.1. The summed E-state index contributed by atoms with van der Waals surface area (Å²) in [6.45, 7) is 9.43. The van der Waals surface area contributed by atoms with Crippen LogP contribution in [0.25, 0.3) is 0 Å². The lowest BCUT2D eigenvalue weighted by Gasteiger charge is -2.72. The Morgan fingerprint density at radius 2 is 1.11 bits per heavy atom. The molecule has 34 atom stereocenters. The Hall–Kier alpha value is -1.91. The van der Waals surface area contributed by atoms with Gasteiger partial charge < -0.3 is 144 Å². The summed E-state index contributed by atoms with van der Waals surface area (Å²) in [5, 5.41) is 186. The fourth-order valence-electron chi connectivity index (χ4n) is 18.5. The monoisotopic (exact) mass is 1320 g/mol. The number of aliphatic hydroxyl groups is 17. The molecule has 30 heteroatoms. The Morgan fingerprint density at radius 3 is 1.72 bits per heavy atom. The van der Waals surface area contributed by atoms with Crippen LogP contribution in [0.5, 0.6) is 0 Å². The van der Waals surface area contributed by atoms with Crippen LogP contribution in [0.2, 0.25) is 0 Å². The number of hydrogen-bond donors (Lipinski definition) is 17. The van der Waals surface area contributed by atoms with Crippen molar-refractivity contribution < 1.29 is 148 Å². The summed E-state index contributed by atoms with van der Waals surface area (Å²) >= 11 is 0. The van der Waals surface area contributed by atoms with Crippen LogP contribution in [0.3, 0.4) is 0 Å². The number of carbonyl (C=O) groups excluding carboxylic acids is 1. The van der Waals surface area contributed by atoms with Crippen molar-refractivity contribution in [3.05, 3.63) is 11.6 Å². The molecular formula is C62H100O30. The van der Waals surface area contributed by atoms with Crippen LogP contribution in [-0.4, -0.2) is 304 Å². The fraction of sp³-hybridized carbons (Fsp3) is 0.952. The maximum absolute atomic E-state index is 15.5. The van der Waals surface area contributed by atoms with Crippen LogP contribution in [0.1, 0.15) is 106 Å². The number of ether oxygens (including phenoxy) is 12. The molecule has 0 aromatic heterocycles. The third-order valence-electron chi connectivity index (χ3n) is 24.4. The standard InChI is InChI=1S/C62H100O30/c1-26-41(87-48-40(75)42(31(69)20-81-48)88-52-45(76)61(79,22-65)24-83-52)36(71)38(73)49(85-26)90-44-35(70)30(68)19-82-51(44)92-54(78)60-14-12-55(2,3)16-28(60)27-8-9-34-56(4)17-29(67)47(57(5,21-64)33(56)10-11-59(34,7)58(27,6)13-15-60)91-50-39(74)37(72)43(32(18-63)86-50)89-53-46(77)62(80,23-66)25-84-53/h8,26,28-53,63-77,79-80H,9-25H2,1-7H3. The second kappa shape index (κ2) is 26.0. The third-order valence-corrected chi connectivity index (χ3v) is 24.4. The number of carbonyl (C=O) groups is 1. The van der Waals surface area contributed by atoms with E-state index >= 15 is 4.79 Å². The molecule has 6 saturated heterocycles. The van der Waals surface area contributed by atoms with E-state index in [1.807, 2.05) is 6.92 Å². The van der Waals surface area contributed by atoms with Gasteiger partial charge in [-0.1, -0.05) is 53.2 Å². The molecule has 17 N–H and O–H groups in total. The van der Waals surface area contributed by atoms with Gasteiger partial charge in [-0.05, 0) is 104 Å².